The van der Waals surface area contributed by atoms with Crippen LogP contribution < -0.4 is 10.1 Å². The molecule has 1 fully saturated rings. The summed E-state index contributed by atoms with van der Waals surface area (Å²) in [4.78, 5) is 18.5. The molecule has 4 rings (SSSR count). The molecule has 1 saturated carbocycles. The van der Waals surface area contributed by atoms with Crippen molar-refractivity contribution < 1.29 is 9.53 Å². The molecular formula is C22H24N4O2S. The molecule has 1 unspecified atom stereocenters. The third-order valence-corrected chi connectivity index (χ3v) is 5.79. The van der Waals surface area contributed by atoms with Crippen molar-refractivity contribution in [3.63, 3.8) is 0 Å². The normalized spacial score (nSPS) is 14.4. The lowest BCUT2D eigenvalue weighted by atomic mass is 10.1. The highest BCUT2D eigenvalue weighted by Crippen LogP contribution is 2.32. The summed E-state index contributed by atoms with van der Waals surface area (Å²) in [6.07, 6.45) is 4.28. The van der Waals surface area contributed by atoms with Crippen LogP contribution in [0.3, 0.4) is 0 Å². The van der Waals surface area contributed by atoms with Crippen molar-refractivity contribution in [1.82, 2.24) is 20.5 Å². The van der Waals surface area contributed by atoms with Crippen LogP contribution in [-0.2, 0) is 0 Å². The number of ether oxygens (including phenoxy) is 1. The molecule has 0 aliphatic heterocycles. The average molecular weight is 409 g/mol. The summed E-state index contributed by atoms with van der Waals surface area (Å²) in [5.41, 5.74) is 3.01. The number of thiazole rings is 1. The third kappa shape index (κ3) is 4.98. The predicted octanol–water partition coefficient (Wildman–Crippen LogP) is 4.50. The summed E-state index contributed by atoms with van der Waals surface area (Å²) in [5.74, 6) is 1.17. The highest BCUT2D eigenvalue weighted by Gasteiger charge is 2.22. The second-order valence-electron chi connectivity index (χ2n) is 7.57. The van der Waals surface area contributed by atoms with Crippen molar-refractivity contribution >= 4 is 17.2 Å². The van der Waals surface area contributed by atoms with E-state index >= 15 is 0 Å². The van der Waals surface area contributed by atoms with Crippen molar-refractivity contribution in [3.8, 4) is 16.3 Å². The van der Waals surface area contributed by atoms with Gasteiger partial charge in [0.25, 0.3) is 5.91 Å². The Morgan fingerprint density at radius 3 is 2.72 bits per heavy atom. The number of nitrogens with zero attached hydrogens (tertiary/aromatic N) is 3. The van der Waals surface area contributed by atoms with Gasteiger partial charge in [-0.1, -0.05) is 0 Å². The number of amides is 1. The van der Waals surface area contributed by atoms with Crippen LogP contribution in [0, 0.1) is 19.8 Å². The molecule has 29 heavy (non-hydrogen) atoms. The molecule has 1 atom stereocenters. The minimum Gasteiger partial charge on any atom is -0.493 e. The lowest BCUT2D eigenvalue weighted by molar-refractivity contribution is 0.0938. The van der Waals surface area contributed by atoms with Crippen molar-refractivity contribution in [2.75, 3.05) is 6.61 Å². The first-order chi connectivity index (χ1) is 14.0. The molecule has 1 aliphatic carbocycles. The van der Waals surface area contributed by atoms with E-state index in [1.807, 2.05) is 51.2 Å². The summed E-state index contributed by atoms with van der Waals surface area (Å²) in [5, 5.41) is 12.1. The fourth-order valence-corrected chi connectivity index (χ4v) is 3.67. The van der Waals surface area contributed by atoms with E-state index in [1.165, 1.54) is 12.8 Å². The number of rotatable bonds is 7. The summed E-state index contributed by atoms with van der Waals surface area (Å²) in [7, 11) is 0. The molecule has 1 amide bonds. The maximum atomic E-state index is 13.0. The summed E-state index contributed by atoms with van der Waals surface area (Å²) in [6.45, 7) is 6.49. The molecule has 3 aromatic rings. The quantitative estimate of drug-likeness (QED) is 0.623. The van der Waals surface area contributed by atoms with Gasteiger partial charge in [-0.3, -0.25) is 4.79 Å². The van der Waals surface area contributed by atoms with Crippen LogP contribution in [0.5, 0.6) is 5.75 Å². The molecule has 2 aromatic heterocycles. The van der Waals surface area contributed by atoms with E-state index in [1.54, 1.807) is 17.4 Å². The van der Waals surface area contributed by atoms with Gasteiger partial charge < -0.3 is 10.1 Å². The van der Waals surface area contributed by atoms with Gasteiger partial charge in [-0.25, -0.2) is 4.98 Å². The van der Waals surface area contributed by atoms with E-state index in [4.69, 9.17) is 4.74 Å². The van der Waals surface area contributed by atoms with Crippen LogP contribution in [0.1, 0.15) is 52.4 Å². The van der Waals surface area contributed by atoms with Gasteiger partial charge in [-0.2, -0.15) is 10.2 Å². The SMILES string of the molecule is Cc1ccc(C(C)NC(=O)c2cc(OCC3CC3)cc(-c3ncc(C)s3)c2)nn1. The van der Waals surface area contributed by atoms with Gasteiger partial charge in [0.05, 0.1) is 24.0 Å². The minimum atomic E-state index is -0.253. The van der Waals surface area contributed by atoms with E-state index in [0.717, 1.165) is 26.8 Å². The van der Waals surface area contributed by atoms with Crippen molar-refractivity contribution in [2.45, 2.75) is 39.7 Å². The minimum absolute atomic E-state index is 0.175. The van der Waals surface area contributed by atoms with Crippen molar-refractivity contribution in [2.24, 2.45) is 5.92 Å². The monoisotopic (exact) mass is 408 g/mol. The van der Waals surface area contributed by atoms with E-state index in [2.05, 4.69) is 20.5 Å². The Labute approximate surface area is 174 Å². The topological polar surface area (TPSA) is 77.0 Å². The lowest BCUT2D eigenvalue weighted by Gasteiger charge is -2.15. The highest BCUT2D eigenvalue weighted by atomic mass is 32.1. The first-order valence-corrected chi connectivity index (χ1v) is 10.6. The van der Waals surface area contributed by atoms with Gasteiger partial charge in [0, 0.05) is 22.2 Å². The second kappa shape index (κ2) is 8.29. The average Bonchev–Trinajstić information content (AvgIpc) is 3.45. The zero-order valence-corrected chi connectivity index (χ0v) is 17.6. The summed E-state index contributed by atoms with van der Waals surface area (Å²) < 4.78 is 5.97. The van der Waals surface area contributed by atoms with Crippen LogP contribution in [0.15, 0.2) is 36.5 Å². The Morgan fingerprint density at radius 1 is 1.24 bits per heavy atom. The summed E-state index contributed by atoms with van der Waals surface area (Å²) >= 11 is 1.60. The molecule has 6 nitrogen and oxygen atoms in total. The molecule has 0 spiro atoms. The maximum absolute atomic E-state index is 13.0. The number of carbonyl (C=O) groups excluding carboxylic acids is 1. The van der Waals surface area contributed by atoms with E-state index < -0.39 is 0 Å². The van der Waals surface area contributed by atoms with E-state index in [9.17, 15) is 4.79 Å². The van der Waals surface area contributed by atoms with Crippen molar-refractivity contribution in [3.05, 3.63) is 58.4 Å². The Kier molecular flexibility index (Phi) is 5.58. The van der Waals surface area contributed by atoms with Gasteiger partial charge >= 0.3 is 0 Å². The van der Waals surface area contributed by atoms with Gasteiger partial charge in [0.1, 0.15) is 10.8 Å². The second-order valence-corrected chi connectivity index (χ2v) is 8.81. The molecular weight excluding hydrogens is 384 g/mol. The molecule has 0 radical (unpaired) electrons. The molecule has 0 saturated heterocycles. The molecule has 150 valence electrons. The number of hydrogen-bond acceptors (Lipinski definition) is 6. The first-order valence-electron chi connectivity index (χ1n) is 9.80. The Balaban J connectivity index is 1.57. The van der Waals surface area contributed by atoms with Gasteiger partial charge in [0.15, 0.2) is 0 Å². The van der Waals surface area contributed by atoms with Crippen LogP contribution in [0.25, 0.3) is 10.6 Å². The zero-order chi connectivity index (χ0) is 20.4. The zero-order valence-electron chi connectivity index (χ0n) is 16.8. The maximum Gasteiger partial charge on any atom is 0.251 e. The van der Waals surface area contributed by atoms with E-state index in [0.29, 0.717) is 23.8 Å². The first kappa shape index (κ1) is 19.5. The number of benzene rings is 1. The molecule has 0 bridgehead atoms. The van der Waals surface area contributed by atoms with Crippen LogP contribution >= 0.6 is 11.3 Å². The van der Waals surface area contributed by atoms with Crippen LogP contribution in [0.2, 0.25) is 0 Å². The molecule has 1 N–H and O–H groups in total. The molecule has 1 aromatic carbocycles. The Bertz CT molecular complexity index is 1010. The lowest BCUT2D eigenvalue weighted by Crippen LogP contribution is -2.27. The predicted molar refractivity (Wildman–Crippen MR) is 113 cm³/mol. The van der Waals surface area contributed by atoms with Gasteiger partial charge in [-0.05, 0) is 69.9 Å². The summed E-state index contributed by atoms with van der Waals surface area (Å²) in [6, 6.07) is 9.15. The van der Waals surface area contributed by atoms with E-state index in [-0.39, 0.29) is 11.9 Å². The number of aryl methyl sites for hydroxylation is 2. The molecule has 7 heteroatoms. The number of carbonyl (C=O) groups is 1. The van der Waals surface area contributed by atoms with Crippen LogP contribution in [-0.4, -0.2) is 27.7 Å². The standard InChI is InChI=1S/C22H24N4O2S/c1-13-4-7-20(26-25-13)15(3)24-21(27)17-8-18(22-23-11-14(2)29-22)10-19(9-17)28-12-16-5-6-16/h4,7-11,15-16H,5-6,12H2,1-3H3,(H,24,27). The Hall–Kier alpha value is -2.80. The largest absolute Gasteiger partial charge is 0.493 e. The third-order valence-electron chi connectivity index (χ3n) is 4.83. The van der Waals surface area contributed by atoms with Gasteiger partial charge in [-0.15, -0.1) is 11.3 Å². The number of aromatic nitrogens is 3. The van der Waals surface area contributed by atoms with Crippen LogP contribution in [0.4, 0.5) is 0 Å². The van der Waals surface area contributed by atoms with Gasteiger partial charge in [0.2, 0.25) is 0 Å². The molecule has 1 aliphatic rings. The Morgan fingerprint density at radius 2 is 2.07 bits per heavy atom. The molecule has 2 heterocycles. The van der Waals surface area contributed by atoms with Crippen molar-refractivity contribution in [1.29, 1.82) is 0 Å². The number of hydrogen-bond donors (Lipinski definition) is 1. The fraction of sp³-hybridized carbons (Fsp3) is 0.364. The fourth-order valence-electron chi connectivity index (χ4n) is 2.92. The highest BCUT2D eigenvalue weighted by molar-refractivity contribution is 7.14. The smallest absolute Gasteiger partial charge is 0.251 e. The number of nitrogens with one attached hydrogen (secondary N) is 1.